The van der Waals surface area contributed by atoms with Crippen molar-refractivity contribution in [3.63, 3.8) is 0 Å². The standard InChI is InChI=1S/C18H20ClN5O/c1-12-13(2)20-11-21-18(12)24-8-6-23(7-9-24)10-16-22-17-14(19)4-3-5-15(17)25-16/h3-5,11H,6-10H2,1-2H3. The van der Waals surface area contributed by atoms with Gasteiger partial charge in [0.15, 0.2) is 5.58 Å². The van der Waals surface area contributed by atoms with Gasteiger partial charge in [-0.25, -0.2) is 15.0 Å². The van der Waals surface area contributed by atoms with Crippen LogP contribution in [0, 0.1) is 13.8 Å². The van der Waals surface area contributed by atoms with E-state index in [9.17, 15) is 0 Å². The van der Waals surface area contributed by atoms with Gasteiger partial charge in [0.05, 0.1) is 11.6 Å². The summed E-state index contributed by atoms with van der Waals surface area (Å²) in [7, 11) is 0. The van der Waals surface area contributed by atoms with E-state index in [2.05, 4.69) is 31.7 Å². The molecule has 2 aromatic heterocycles. The summed E-state index contributed by atoms with van der Waals surface area (Å²) in [4.78, 5) is 17.9. The second kappa shape index (κ2) is 6.61. The minimum Gasteiger partial charge on any atom is -0.439 e. The zero-order valence-electron chi connectivity index (χ0n) is 14.4. The molecule has 6 nitrogen and oxygen atoms in total. The second-order valence-electron chi connectivity index (χ2n) is 6.37. The summed E-state index contributed by atoms with van der Waals surface area (Å²) in [5.74, 6) is 1.76. The predicted octanol–water partition coefficient (Wildman–Crippen LogP) is 3.21. The number of anilines is 1. The fourth-order valence-corrected chi connectivity index (χ4v) is 3.39. The van der Waals surface area contributed by atoms with E-state index >= 15 is 0 Å². The van der Waals surface area contributed by atoms with Gasteiger partial charge in [-0.3, -0.25) is 4.90 Å². The van der Waals surface area contributed by atoms with Crippen LogP contribution in [0.25, 0.3) is 11.1 Å². The van der Waals surface area contributed by atoms with Crippen LogP contribution in [-0.2, 0) is 6.54 Å². The molecule has 130 valence electrons. The molecule has 0 saturated carbocycles. The molecule has 4 rings (SSSR count). The van der Waals surface area contributed by atoms with Crippen molar-refractivity contribution in [3.8, 4) is 0 Å². The summed E-state index contributed by atoms with van der Waals surface area (Å²) >= 11 is 6.17. The molecule has 0 atom stereocenters. The number of hydrogen-bond donors (Lipinski definition) is 0. The lowest BCUT2D eigenvalue weighted by atomic mass is 10.2. The van der Waals surface area contributed by atoms with Gasteiger partial charge < -0.3 is 9.32 Å². The van der Waals surface area contributed by atoms with Gasteiger partial charge in [0.2, 0.25) is 5.89 Å². The Balaban J connectivity index is 1.43. The maximum absolute atomic E-state index is 6.17. The molecular formula is C18H20ClN5O. The van der Waals surface area contributed by atoms with E-state index in [1.54, 1.807) is 6.33 Å². The highest BCUT2D eigenvalue weighted by Gasteiger charge is 2.21. The van der Waals surface area contributed by atoms with Gasteiger partial charge in [0.25, 0.3) is 0 Å². The van der Waals surface area contributed by atoms with Crippen LogP contribution in [0.5, 0.6) is 0 Å². The highest BCUT2D eigenvalue weighted by molar-refractivity contribution is 6.34. The van der Waals surface area contributed by atoms with E-state index in [1.807, 2.05) is 25.1 Å². The van der Waals surface area contributed by atoms with Crippen LogP contribution < -0.4 is 4.90 Å². The number of rotatable bonds is 3. The molecule has 3 heterocycles. The number of benzene rings is 1. The van der Waals surface area contributed by atoms with Crippen LogP contribution in [0.15, 0.2) is 28.9 Å². The average Bonchev–Trinajstić information content (AvgIpc) is 3.02. The smallest absolute Gasteiger partial charge is 0.209 e. The third-order valence-corrected chi connectivity index (χ3v) is 5.06. The monoisotopic (exact) mass is 357 g/mol. The molecule has 1 aliphatic heterocycles. The molecule has 0 unspecified atom stereocenters. The van der Waals surface area contributed by atoms with Crippen molar-refractivity contribution in [2.45, 2.75) is 20.4 Å². The summed E-state index contributed by atoms with van der Waals surface area (Å²) in [6.07, 6.45) is 1.64. The Labute approximate surface area is 151 Å². The minimum atomic E-state index is 0.631. The van der Waals surface area contributed by atoms with Crippen molar-refractivity contribution >= 4 is 28.5 Å². The third kappa shape index (κ3) is 3.19. The molecule has 1 aliphatic rings. The third-order valence-electron chi connectivity index (χ3n) is 4.75. The Bertz CT molecular complexity index is 902. The van der Waals surface area contributed by atoms with Gasteiger partial charge in [-0.15, -0.1) is 0 Å². The van der Waals surface area contributed by atoms with E-state index in [-0.39, 0.29) is 0 Å². The van der Waals surface area contributed by atoms with Crippen molar-refractivity contribution < 1.29 is 4.42 Å². The lowest BCUT2D eigenvalue weighted by Crippen LogP contribution is -2.46. The van der Waals surface area contributed by atoms with Crippen molar-refractivity contribution in [3.05, 3.63) is 46.7 Å². The Morgan fingerprint density at radius 3 is 2.68 bits per heavy atom. The maximum Gasteiger partial charge on any atom is 0.209 e. The van der Waals surface area contributed by atoms with E-state index in [1.165, 1.54) is 0 Å². The number of fused-ring (bicyclic) bond motifs is 1. The normalized spacial score (nSPS) is 15.9. The van der Waals surface area contributed by atoms with E-state index in [0.29, 0.717) is 17.5 Å². The van der Waals surface area contributed by atoms with Crippen molar-refractivity contribution in [1.82, 2.24) is 19.9 Å². The zero-order valence-corrected chi connectivity index (χ0v) is 15.1. The van der Waals surface area contributed by atoms with Crippen LogP contribution in [0.4, 0.5) is 5.82 Å². The molecule has 25 heavy (non-hydrogen) atoms. The lowest BCUT2D eigenvalue weighted by molar-refractivity contribution is 0.228. The van der Waals surface area contributed by atoms with Gasteiger partial charge >= 0.3 is 0 Å². The van der Waals surface area contributed by atoms with E-state index in [0.717, 1.165) is 54.4 Å². The number of para-hydroxylation sites is 1. The van der Waals surface area contributed by atoms with E-state index < -0.39 is 0 Å². The SMILES string of the molecule is Cc1ncnc(N2CCN(Cc3nc4c(Cl)cccc4o3)CC2)c1C. The largest absolute Gasteiger partial charge is 0.439 e. The number of aryl methyl sites for hydroxylation is 1. The van der Waals surface area contributed by atoms with E-state index in [4.69, 9.17) is 16.0 Å². The van der Waals surface area contributed by atoms with Gasteiger partial charge in [-0.05, 0) is 26.0 Å². The Morgan fingerprint density at radius 2 is 1.92 bits per heavy atom. The quantitative estimate of drug-likeness (QED) is 0.717. The fraction of sp³-hybridized carbons (Fsp3) is 0.389. The molecule has 0 aliphatic carbocycles. The molecule has 0 N–H and O–H groups in total. The number of nitrogens with zero attached hydrogens (tertiary/aromatic N) is 5. The molecule has 0 spiro atoms. The molecule has 0 radical (unpaired) electrons. The Morgan fingerprint density at radius 1 is 1.12 bits per heavy atom. The maximum atomic E-state index is 6.17. The molecule has 0 amide bonds. The van der Waals surface area contributed by atoms with Crippen molar-refractivity contribution in [2.75, 3.05) is 31.1 Å². The highest BCUT2D eigenvalue weighted by atomic mass is 35.5. The van der Waals surface area contributed by atoms with Gasteiger partial charge in [-0.2, -0.15) is 0 Å². The van der Waals surface area contributed by atoms with Crippen LogP contribution in [-0.4, -0.2) is 46.0 Å². The first-order valence-electron chi connectivity index (χ1n) is 8.41. The van der Waals surface area contributed by atoms with Gasteiger partial charge in [0, 0.05) is 37.4 Å². The molecule has 1 saturated heterocycles. The summed E-state index contributed by atoms with van der Waals surface area (Å²) in [6, 6.07) is 5.61. The average molecular weight is 358 g/mol. The molecular weight excluding hydrogens is 338 g/mol. The molecule has 3 aromatic rings. The van der Waals surface area contributed by atoms with Crippen LogP contribution in [0.2, 0.25) is 5.02 Å². The first-order valence-corrected chi connectivity index (χ1v) is 8.79. The molecule has 7 heteroatoms. The van der Waals surface area contributed by atoms with Crippen LogP contribution in [0.3, 0.4) is 0 Å². The highest BCUT2D eigenvalue weighted by Crippen LogP contribution is 2.25. The van der Waals surface area contributed by atoms with Crippen LogP contribution in [0.1, 0.15) is 17.1 Å². The number of piperazine rings is 1. The van der Waals surface area contributed by atoms with Crippen LogP contribution >= 0.6 is 11.6 Å². The molecule has 1 fully saturated rings. The Kier molecular flexibility index (Phi) is 4.31. The summed E-state index contributed by atoms with van der Waals surface area (Å²) in [5.41, 5.74) is 3.68. The van der Waals surface area contributed by atoms with Gasteiger partial charge in [-0.1, -0.05) is 17.7 Å². The zero-order chi connectivity index (χ0) is 17.4. The number of halogens is 1. The topological polar surface area (TPSA) is 58.3 Å². The summed E-state index contributed by atoms with van der Waals surface area (Å²) in [5, 5.41) is 0.631. The molecule has 0 bridgehead atoms. The van der Waals surface area contributed by atoms with Gasteiger partial charge in [0.1, 0.15) is 17.7 Å². The fourth-order valence-electron chi connectivity index (χ4n) is 3.18. The minimum absolute atomic E-state index is 0.631. The lowest BCUT2D eigenvalue weighted by Gasteiger charge is -2.35. The first kappa shape index (κ1) is 16.3. The van der Waals surface area contributed by atoms with Crippen molar-refractivity contribution in [2.24, 2.45) is 0 Å². The molecule has 1 aromatic carbocycles. The number of hydrogen-bond acceptors (Lipinski definition) is 6. The number of oxazole rings is 1. The predicted molar refractivity (Wildman–Crippen MR) is 98.0 cm³/mol. The summed E-state index contributed by atoms with van der Waals surface area (Å²) < 4.78 is 5.83. The number of aromatic nitrogens is 3. The Hall–Kier alpha value is -2.18. The summed E-state index contributed by atoms with van der Waals surface area (Å²) in [6.45, 7) is 8.54. The second-order valence-corrected chi connectivity index (χ2v) is 6.77. The van der Waals surface area contributed by atoms with Crippen molar-refractivity contribution in [1.29, 1.82) is 0 Å². The first-order chi connectivity index (χ1) is 12.1.